The lowest BCUT2D eigenvalue weighted by molar-refractivity contribution is -0.117. The Hall–Kier alpha value is -3.28. The van der Waals surface area contributed by atoms with Gasteiger partial charge >= 0.3 is 0 Å². The Morgan fingerprint density at radius 2 is 1.61 bits per heavy atom. The lowest BCUT2D eigenvalue weighted by Gasteiger charge is -2.12. The maximum Gasteiger partial charge on any atom is 0.267 e. The minimum absolute atomic E-state index is 0.0787. The van der Waals surface area contributed by atoms with Crippen molar-refractivity contribution in [1.82, 2.24) is 10.6 Å². The number of hydrogen-bond donors (Lipinski definition) is 2. The van der Waals surface area contributed by atoms with Crippen molar-refractivity contribution >= 4 is 17.9 Å². The van der Waals surface area contributed by atoms with E-state index in [-0.39, 0.29) is 23.6 Å². The number of amides is 2. The molecule has 0 unspecified atom stereocenters. The number of carbonyl (C=O) groups is 2. The van der Waals surface area contributed by atoms with Crippen LogP contribution in [0.4, 0.5) is 0 Å². The molecule has 0 aliphatic heterocycles. The van der Waals surface area contributed by atoms with Crippen molar-refractivity contribution in [3.8, 4) is 11.5 Å². The minimum Gasteiger partial charge on any atom is -0.494 e. The molecule has 0 atom stereocenters. The summed E-state index contributed by atoms with van der Waals surface area (Å²) in [6.07, 6.45) is 3.76. The highest BCUT2D eigenvalue weighted by molar-refractivity contribution is 6.05. The molecule has 166 valence electrons. The van der Waals surface area contributed by atoms with Gasteiger partial charge < -0.3 is 20.1 Å². The number of hydrogen-bond acceptors (Lipinski definition) is 4. The number of nitrogens with one attached hydrogen (secondary N) is 2. The third kappa shape index (κ3) is 8.16. The quantitative estimate of drug-likeness (QED) is 0.410. The van der Waals surface area contributed by atoms with Gasteiger partial charge in [0.1, 0.15) is 17.2 Å². The molecule has 2 aromatic rings. The maximum atomic E-state index is 12.7. The molecule has 0 aromatic heterocycles. The van der Waals surface area contributed by atoms with Crippen molar-refractivity contribution in [1.29, 1.82) is 0 Å². The molecule has 0 spiro atoms. The first-order valence-corrected chi connectivity index (χ1v) is 10.7. The lowest BCUT2D eigenvalue weighted by Crippen LogP contribution is -2.34. The Labute approximate surface area is 184 Å². The van der Waals surface area contributed by atoms with Crippen LogP contribution in [0.1, 0.15) is 56.5 Å². The van der Waals surface area contributed by atoms with E-state index >= 15 is 0 Å². The van der Waals surface area contributed by atoms with Crippen molar-refractivity contribution in [2.75, 3.05) is 13.2 Å². The largest absolute Gasteiger partial charge is 0.494 e. The fourth-order valence-corrected chi connectivity index (χ4v) is 2.73. The summed E-state index contributed by atoms with van der Waals surface area (Å²) in [5.74, 6) is 0.750. The Morgan fingerprint density at radius 3 is 2.19 bits per heavy atom. The molecule has 31 heavy (non-hydrogen) atoms. The number of unbranched alkanes of at least 4 members (excludes halogenated alkanes) is 1. The number of ether oxygens (including phenoxy) is 2. The summed E-state index contributed by atoms with van der Waals surface area (Å²) in [4.78, 5) is 25.2. The molecule has 6 nitrogen and oxygen atoms in total. The van der Waals surface area contributed by atoms with E-state index < -0.39 is 0 Å². The van der Waals surface area contributed by atoms with Crippen LogP contribution in [0.25, 0.3) is 6.08 Å². The lowest BCUT2D eigenvalue weighted by atomic mass is 10.1. The van der Waals surface area contributed by atoms with Gasteiger partial charge in [-0.15, -0.1) is 0 Å². The normalized spacial score (nSPS) is 11.2. The second-order valence-corrected chi connectivity index (χ2v) is 7.33. The van der Waals surface area contributed by atoms with E-state index in [1.54, 1.807) is 30.3 Å². The van der Waals surface area contributed by atoms with Gasteiger partial charge in [0.25, 0.3) is 11.8 Å². The van der Waals surface area contributed by atoms with E-state index in [4.69, 9.17) is 9.47 Å². The third-order valence-electron chi connectivity index (χ3n) is 4.28. The molecule has 0 heterocycles. The highest BCUT2D eigenvalue weighted by atomic mass is 16.5. The fourth-order valence-electron chi connectivity index (χ4n) is 2.73. The molecule has 0 aliphatic rings. The van der Waals surface area contributed by atoms with Gasteiger partial charge in [0, 0.05) is 12.1 Å². The van der Waals surface area contributed by atoms with Crippen molar-refractivity contribution in [3.05, 3.63) is 65.4 Å². The standard InChI is InChI=1S/C25H32N2O4/c1-5-7-16-30-21-14-10-20(11-15-21)24(28)27-23(25(29)26-6-2)17-19-8-12-22(13-9-19)31-18(3)4/h8-15,17-18H,5-7,16H2,1-4H3,(H,26,29)(H,27,28)/b23-17+. The topological polar surface area (TPSA) is 76.7 Å². The zero-order chi connectivity index (χ0) is 22.6. The minimum atomic E-state index is -0.364. The summed E-state index contributed by atoms with van der Waals surface area (Å²) in [7, 11) is 0. The van der Waals surface area contributed by atoms with E-state index in [2.05, 4.69) is 17.6 Å². The third-order valence-corrected chi connectivity index (χ3v) is 4.28. The van der Waals surface area contributed by atoms with Gasteiger partial charge in [-0.2, -0.15) is 0 Å². The molecule has 0 bridgehead atoms. The Kier molecular flexibility index (Phi) is 9.62. The summed E-state index contributed by atoms with van der Waals surface area (Å²) >= 11 is 0. The highest BCUT2D eigenvalue weighted by Crippen LogP contribution is 2.16. The van der Waals surface area contributed by atoms with Crippen molar-refractivity contribution in [3.63, 3.8) is 0 Å². The molecular weight excluding hydrogens is 392 g/mol. The van der Waals surface area contributed by atoms with Crippen LogP contribution in [0, 0.1) is 0 Å². The maximum absolute atomic E-state index is 12.7. The smallest absolute Gasteiger partial charge is 0.267 e. The zero-order valence-electron chi connectivity index (χ0n) is 18.7. The molecule has 2 N–H and O–H groups in total. The van der Waals surface area contributed by atoms with Crippen LogP contribution in [0.15, 0.2) is 54.2 Å². The Morgan fingerprint density at radius 1 is 0.968 bits per heavy atom. The van der Waals surface area contributed by atoms with E-state index in [1.165, 1.54) is 0 Å². The van der Waals surface area contributed by atoms with E-state index in [1.807, 2.05) is 45.0 Å². The first-order valence-electron chi connectivity index (χ1n) is 10.7. The molecule has 0 saturated carbocycles. The van der Waals surface area contributed by atoms with Gasteiger partial charge in [-0.1, -0.05) is 25.5 Å². The second-order valence-electron chi connectivity index (χ2n) is 7.33. The predicted molar refractivity (Wildman–Crippen MR) is 123 cm³/mol. The van der Waals surface area contributed by atoms with Gasteiger partial charge in [0.15, 0.2) is 0 Å². The van der Waals surface area contributed by atoms with Crippen LogP contribution in [0.5, 0.6) is 11.5 Å². The zero-order valence-corrected chi connectivity index (χ0v) is 18.7. The van der Waals surface area contributed by atoms with Crippen molar-refractivity contribution in [2.45, 2.75) is 46.6 Å². The molecule has 6 heteroatoms. The molecule has 2 aromatic carbocycles. The average Bonchev–Trinajstić information content (AvgIpc) is 2.75. The van der Waals surface area contributed by atoms with Crippen molar-refractivity contribution < 1.29 is 19.1 Å². The predicted octanol–water partition coefficient (Wildman–Crippen LogP) is 4.56. The molecule has 0 aliphatic carbocycles. The van der Waals surface area contributed by atoms with E-state index in [0.29, 0.717) is 24.5 Å². The highest BCUT2D eigenvalue weighted by Gasteiger charge is 2.14. The number of carbonyl (C=O) groups excluding carboxylic acids is 2. The van der Waals surface area contributed by atoms with Crippen LogP contribution >= 0.6 is 0 Å². The summed E-state index contributed by atoms with van der Waals surface area (Å²) in [5.41, 5.74) is 1.39. The molecule has 0 radical (unpaired) electrons. The number of likely N-dealkylation sites (N-methyl/N-ethyl adjacent to an activating group) is 1. The summed E-state index contributed by atoms with van der Waals surface area (Å²) in [6.45, 7) is 8.95. The van der Waals surface area contributed by atoms with Crippen LogP contribution in [0.3, 0.4) is 0 Å². The Bertz CT molecular complexity index is 871. The van der Waals surface area contributed by atoms with Crippen LogP contribution in [-0.2, 0) is 4.79 Å². The van der Waals surface area contributed by atoms with Crippen LogP contribution in [-0.4, -0.2) is 31.1 Å². The second kappa shape index (κ2) is 12.4. The van der Waals surface area contributed by atoms with Crippen LogP contribution in [0.2, 0.25) is 0 Å². The van der Waals surface area contributed by atoms with Gasteiger partial charge in [-0.05, 0) is 75.2 Å². The summed E-state index contributed by atoms with van der Waals surface area (Å²) < 4.78 is 11.3. The number of rotatable bonds is 11. The van der Waals surface area contributed by atoms with Gasteiger partial charge in [0.05, 0.1) is 12.7 Å². The van der Waals surface area contributed by atoms with Gasteiger partial charge in [0.2, 0.25) is 0 Å². The average molecular weight is 425 g/mol. The monoisotopic (exact) mass is 424 g/mol. The summed E-state index contributed by atoms with van der Waals surface area (Å²) in [6, 6.07) is 14.2. The molecular formula is C25H32N2O4. The molecule has 0 fully saturated rings. The molecule has 0 saturated heterocycles. The van der Waals surface area contributed by atoms with Gasteiger partial charge in [-0.25, -0.2) is 0 Å². The first kappa shape index (κ1) is 24.0. The van der Waals surface area contributed by atoms with E-state index in [9.17, 15) is 9.59 Å². The number of benzene rings is 2. The van der Waals surface area contributed by atoms with Crippen molar-refractivity contribution in [2.24, 2.45) is 0 Å². The van der Waals surface area contributed by atoms with Crippen LogP contribution < -0.4 is 20.1 Å². The first-order chi connectivity index (χ1) is 14.9. The Balaban J connectivity index is 2.13. The summed E-state index contributed by atoms with van der Waals surface area (Å²) in [5, 5.41) is 5.45. The SMILES string of the molecule is CCCCOc1ccc(C(=O)N/C(=C/c2ccc(OC(C)C)cc2)C(=O)NCC)cc1. The van der Waals surface area contributed by atoms with E-state index in [0.717, 1.165) is 24.2 Å². The molecule has 2 rings (SSSR count). The fraction of sp³-hybridized carbons (Fsp3) is 0.360. The van der Waals surface area contributed by atoms with Gasteiger partial charge in [-0.3, -0.25) is 9.59 Å². The molecule has 2 amide bonds.